The van der Waals surface area contributed by atoms with Gasteiger partial charge in [-0.05, 0) is 32.2 Å². The van der Waals surface area contributed by atoms with E-state index in [-0.39, 0.29) is 0 Å². The molecule has 1 saturated heterocycles. The minimum atomic E-state index is 0.719. The van der Waals surface area contributed by atoms with Crippen molar-refractivity contribution in [2.24, 2.45) is 5.73 Å². The average molecular weight is 154 g/mol. The first-order valence-corrected chi connectivity index (χ1v) is 4.87. The molecule has 0 unspecified atom stereocenters. The van der Waals surface area contributed by atoms with E-state index in [1.807, 2.05) is 0 Å². The van der Waals surface area contributed by atoms with E-state index in [1.54, 1.807) is 0 Å². The molecule has 1 atom stereocenters. The lowest BCUT2D eigenvalue weighted by atomic mass is 10.0. The average Bonchev–Trinajstić information content (AvgIpc) is 2.87. The summed E-state index contributed by atoms with van der Waals surface area (Å²) in [5, 5.41) is 0. The predicted octanol–water partition coefficient (Wildman–Crippen LogP) is 0.962. The first-order chi connectivity index (χ1) is 5.42. The fourth-order valence-corrected chi connectivity index (χ4v) is 2.16. The van der Waals surface area contributed by atoms with Crippen molar-refractivity contribution in [1.82, 2.24) is 4.90 Å². The van der Waals surface area contributed by atoms with Crippen LogP contribution >= 0.6 is 0 Å². The highest BCUT2D eigenvalue weighted by Crippen LogP contribution is 2.32. The molecule has 2 fully saturated rings. The molecule has 0 radical (unpaired) electrons. The van der Waals surface area contributed by atoms with E-state index in [1.165, 1.54) is 38.6 Å². The first kappa shape index (κ1) is 7.56. The molecule has 0 aromatic rings. The van der Waals surface area contributed by atoms with Crippen molar-refractivity contribution in [2.75, 3.05) is 13.1 Å². The third-order valence-corrected chi connectivity index (χ3v) is 2.96. The molecule has 64 valence electrons. The molecule has 2 nitrogen and oxygen atoms in total. The van der Waals surface area contributed by atoms with Gasteiger partial charge in [0.05, 0.1) is 0 Å². The van der Waals surface area contributed by atoms with Gasteiger partial charge in [0, 0.05) is 18.6 Å². The highest BCUT2D eigenvalue weighted by molar-refractivity contribution is 4.90. The van der Waals surface area contributed by atoms with Gasteiger partial charge in [0.25, 0.3) is 0 Å². The van der Waals surface area contributed by atoms with Crippen molar-refractivity contribution in [3.8, 4) is 0 Å². The Morgan fingerprint density at radius 1 is 1.18 bits per heavy atom. The van der Waals surface area contributed by atoms with Crippen LogP contribution in [0.1, 0.15) is 32.1 Å². The topological polar surface area (TPSA) is 29.3 Å². The lowest BCUT2D eigenvalue weighted by Crippen LogP contribution is -2.45. The Balaban J connectivity index is 1.91. The molecule has 2 rings (SSSR count). The van der Waals surface area contributed by atoms with Crippen molar-refractivity contribution in [1.29, 1.82) is 0 Å². The van der Waals surface area contributed by atoms with E-state index in [0.717, 1.165) is 18.6 Å². The molecule has 2 N–H and O–H groups in total. The van der Waals surface area contributed by atoms with Crippen molar-refractivity contribution in [2.45, 2.75) is 44.2 Å². The maximum atomic E-state index is 5.72. The largest absolute Gasteiger partial charge is 0.329 e. The highest BCUT2D eigenvalue weighted by Gasteiger charge is 2.34. The fraction of sp³-hybridized carbons (Fsp3) is 1.00. The van der Waals surface area contributed by atoms with Gasteiger partial charge in [-0.25, -0.2) is 0 Å². The molecule has 2 heteroatoms. The minimum Gasteiger partial charge on any atom is -0.329 e. The van der Waals surface area contributed by atoms with Crippen LogP contribution < -0.4 is 5.73 Å². The molecule has 0 aromatic carbocycles. The Morgan fingerprint density at radius 3 is 2.64 bits per heavy atom. The Morgan fingerprint density at radius 2 is 2.00 bits per heavy atom. The van der Waals surface area contributed by atoms with Gasteiger partial charge in [-0.15, -0.1) is 0 Å². The molecule has 0 aromatic heterocycles. The van der Waals surface area contributed by atoms with E-state index in [2.05, 4.69) is 4.90 Å². The molecule has 0 spiro atoms. The molecule has 1 heterocycles. The van der Waals surface area contributed by atoms with E-state index in [9.17, 15) is 0 Å². The molecule has 0 bridgehead atoms. The fourth-order valence-electron chi connectivity index (χ4n) is 2.16. The maximum Gasteiger partial charge on any atom is 0.0221 e. The lowest BCUT2D eigenvalue weighted by molar-refractivity contribution is 0.144. The monoisotopic (exact) mass is 154 g/mol. The van der Waals surface area contributed by atoms with E-state index >= 15 is 0 Å². The van der Waals surface area contributed by atoms with Crippen molar-refractivity contribution >= 4 is 0 Å². The second kappa shape index (κ2) is 3.11. The lowest BCUT2D eigenvalue weighted by Gasteiger charge is -2.35. The smallest absolute Gasteiger partial charge is 0.0221 e. The van der Waals surface area contributed by atoms with Crippen LogP contribution in [-0.4, -0.2) is 30.1 Å². The third kappa shape index (κ3) is 1.57. The zero-order valence-corrected chi connectivity index (χ0v) is 7.13. The number of likely N-dealkylation sites (tertiary alicyclic amines) is 1. The Kier molecular flexibility index (Phi) is 2.14. The summed E-state index contributed by atoms with van der Waals surface area (Å²) in [7, 11) is 0. The number of piperidine rings is 1. The standard InChI is InChI=1S/C9H18N2/c10-7-9-3-1-2-6-11(9)8-4-5-8/h8-9H,1-7,10H2/t9-/m1/s1. The number of nitrogens with two attached hydrogens (primary N) is 1. The van der Waals surface area contributed by atoms with Gasteiger partial charge in [-0.1, -0.05) is 6.42 Å². The maximum absolute atomic E-state index is 5.72. The van der Waals surface area contributed by atoms with Crippen molar-refractivity contribution < 1.29 is 0 Å². The highest BCUT2D eigenvalue weighted by atomic mass is 15.2. The summed E-state index contributed by atoms with van der Waals surface area (Å²) < 4.78 is 0. The summed E-state index contributed by atoms with van der Waals surface area (Å²) in [6.07, 6.45) is 6.98. The zero-order chi connectivity index (χ0) is 7.68. The summed E-state index contributed by atoms with van der Waals surface area (Å²) in [5.41, 5.74) is 5.72. The van der Waals surface area contributed by atoms with E-state index in [0.29, 0.717) is 0 Å². The number of hydrogen-bond donors (Lipinski definition) is 1. The molecular weight excluding hydrogens is 136 g/mol. The molecule has 11 heavy (non-hydrogen) atoms. The van der Waals surface area contributed by atoms with Crippen molar-refractivity contribution in [3.63, 3.8) is 0 Å². The molecule has 1 aliphatic carbocycles. The van der Waals surface area contributed by atoms with Crippen LogP contribution in [0.15, 0.2) is 0 Å². The second-order valence-electron chi connectivity index (χ2n) is 3.85. The van der Waals surface area contributed by atoms with Crippen LogP contribution in [0.4, 0.5) is 0 Å². The van der Waals surface area contributed by atoms with Gasteiger partial charge >= 0.3 is 0 Å². The normalized spacial score (nSPS) is 34.1. The van der Waals surface area contributed by atoms with Gasteiger partial charge in [-0.3, -0.25) is 4.90 Å². The number of hydrogen-bond acceptors (Lipinski definition) is 2. The van der Waals surface area contributed by atoms with Crippen LogP contribution in [0.25, 0.3) is 0 Å². The van der Waals surface area contributed by atoms with Gasteiger partial charge in [0.2, 0.25) is 0 Å². The van der Waals surface area contributed by atoms with Crippen LogP contribution in [0.2, 0.25) is 0 Å². The summed E-state index contributed by atoms with van der Waals surface area (Å²) in [6.45, 7) is 2.18. The SMILES string of the molecule is NC[C@H]1CCCCN1C1CC1. The summed E-state index contributed by atoms with van der Waals surface area (Å²) in [4.78, 5) is 2.64. The van der Waals surface area contributed by atoms with Crippen LogP contribution in [-0.2, 0) is 0 Å². The van der Waals surface area contributed by atoms with Gasteiger partial charge in [0.15, 0.2) is 0 Å². The van der Waals surface area contributed by atoms with E-state index < -0.39 is 0 Å². The zero-order valence-electron chi connectivity index (χ0n) is 7.13. The van der Waals surface area contributed by atoms with Gasteiger partial charge in [0.1, 0.15) is 0 Å². The quantitative estimate of drug-likeness (QED) is 0.642. The summed E-state index contributed by atoms with van der Waals surface area (Å²) in [6, 6.07) is 1.64. The summed E-state index contributed by atoms with van der Waals surface area (Å²) in [5.74, 6) is 0. The number of rotatable bonds is 2. The van der Waals surface area contributed by atoms with Crippen LogP contribution in [0, 0.1) is 0 Å². The molecular formula is C9H18N2. The summed E-state index contributed by atoms with van der Waals surface area (Å²) >= 11 is 0. The van der Waals surface area contributed by atoms with E-state index in [4.69, 9.17) is 5.73 Å². The van der Waals surface area contributed by atoms with Gasteiger partial charge < -0.3 is 5.73 Å². The van der Waals surface area contributed by atoms with Crippen LogP contribution in [0.5, 0.6) is 0 Å². The second-order valence-corrected chi connectivity index (χ2v) is 3.85. The minimum absolute atomic E-state index is 0.719. The Labute approximate surface area is 68.7 Å². The van der Waals surface area contributed by atoms with Gasteiger partial charge in [-0.2, -0.15) is 0 Å². The molecule has 2 aliphatic rings. The molecule has 1 saturated carbocycles. The Bertz CT molecular complexity index is 132. The van der Waals surface area contributed by atoms with Crippen molar-refractivity contribution in [3.05, 3.63) is 0 Å². The number of nitrogens with zero attached hydrogens (tertiary/aromatic N) is 1. The third-order valence-electron chi connectivity index (χ3n) is 2.96. The molecule has 1 aliphatic heterocycles. The first-order valence-electron chi connectivity index (χ1n) is 4.87. The van der Waals surface area contributed by atoms with Crippen LogP contribution in [0.3, 0.4) is 0 Å². The Hall–Kier alpha value is -0.0800. The predicted molar refractivity (Wildman–Crippen MR) is 46.4 cm³/mol. The molecule has 0 amide bonds.